The third kappa shape index (κ3) is 7.59. The standard InChI is InChI=1S/C24H45N5O3/c1-7-23(6,17(4)5)29-24(13-9-8-10-14-24)20(30)18(12-11-15-27-22(26)32)28-21(31)19(25)16(2)3/h7,16-19,29H,1,8-15,25H2,2-6H3,(H,28,31)(H3,26,27,32)/t18?,19-,23?/m0/s1. The second kappa shape index (κ2) is 12.3. The fourth-order valence-corrected chi connectivity index (χ4v) is 4.23. The van der Waals surface area contributed by atoms with Crippen molar-refractivity contribution in [3.8, 4) is 0 Å². The Hall–Kier alpha value is -1.93. The lowest BCUT2D eigenvalue weighted by molar-refractivity contribution is -0.134. The smallest absolute Gasteiger partial charge is 0.312 e. The maximum absolute atomic E-state index is 14.0. The fraction of sp³-hybridized carbons (Fsp3) is 0.792. The molecule has 0 spiro atoms. The van der Waals surface area contributed by atoms with Crippen LogP contribution in [0.5, 0.6) is 0 Å². The summed E-state index contributed by atoms with van der Waals surface area (Å²) in [5, 5.41) is 9.13. The van der Waals surface area contributed by atoms with Gasteiger partial charge in [0, 0.05) is 12.1 Å². The Morgan fingerprint density at radius 1 is 1.12 bits per heavy atom. The molecule has 0 saturated heterocycles. The van der Waals surface area contributed by atoms with E-state index in [-0.39, 0.29) is 23.5 Å². The van der Waals surface area contributed by atoms with Gasteiger partial charge in [-0.2, -0.15) is 0 Å². The average molecular weight is 452 g/mol. The Labute approximate surface area is 193 Å². The zero-order chi connectivity index (χ0) is 24.5. The minimum Gasteiger partial charge on any atom is -0.352 e. The number of hydrogen-bond donors (Lipinski definition) is 5. The van der Waals surface area contributed by atoms with Crippen LogP contribution in [0.2, 0.25) is 0 Å². The maximum Gasteiger partial charge on any atom is 0.312 e. The van der Waals surface area contributed by atoms with Crippen LogP contribution in [0.1, 0.15) is 79.6 Å². The lowest BCUT2D eigenvalue weighted by Crippen LogP contribution is -2.66. The predicted molar refractivity (Wildman–Crippen MR) is 129 cm³/mol. The second-order valence-electron chi connectivity index (χ2n) is 10.0. The van der Waals surface area contributed by atoms with E-state index in [0.29, 0.717) is 32.2 Å². The van der Waals surface area contributed by atoms with E-state index in [1.165, 1.54) is 0 Å². The van der Waals surface area contributed by atoms with Gasteiger partial charge in [0.2, 0.25) is 5.91 Å². The monoisotopic (exact) mass is 451 g/mol. The summed E-state index contributed by atoms with van der Waals surface area (Å²) < 4.78 is 0. The first-order chi connectivity index (χ1) is 14.9. The Morgan fingerprint density at radius 2 is 1.72 bits per heavy atom. The molecule has 0 aromatic heterocycles. The highest BCUT2D eigenvalue weighted by molar-refractivity contribution is 5.96. The first-order valence-electron chi connectivity index (χ1n) is 11.9. The molecular formula is C24H45N5O3. The topological polar surface area (TPSA) is 139 Å². The number of carbonyl (C=O) groups is 3. The van der Waals surface area contributed by atoms with E-state index in [0.717, 1.165) is 19.3 Å². The van der Waals surface area contributed by atoms with Crippen molar-refractivity contribution >= 4 is 17.7 Å². The van der Waals surface area contributed by atoms with E-state index < -0.39 is 29.2 Å². The highest BCUT2D eigenvalue weighted by atomic mass is 16.2. The molecule has 8 heteroatoms. The number of primary amides is 1. The molecule has 8 nitrogen and oxygen atoms in total. The summed E-state index contributed by atoms with van der Waals surface area (Å²) in [6, 6.07) is -2.00. The normalized spacial score (nSPS) is 19.6. The quantitative estimate of drug-likeness (QED) is 0.216. The van der Waals surface area contributed by atoms with Gasteiger partial charge in [-0.15, -0.1) is 6.58 Å². The van der Waals surface area contributed by atoms with Crippen LogP contribution >= 0.6 is 0 Å². The summed E-state index contributed by atoms with van der Waals surface area (Å²) in [6.07, 6.45) is 7.18. The molecule has 0 heterocycles. The lowest BCUT2D eigenvalue weighted by Gasteiger charge is -2.46. The van der Waals surface area contributed by atoms with Crippen LogP contribution < -0.4 is 27.4 Å². The summed E-state index contributed by atoms with van der Waals surface area (Å²) in [6.45, 7) is 14.4. The van der Waals surface area contributed by atoms with Gasteiger partial charge in [-0.25, -0.2) is 4.79 Å². The number of nitrogens with two attached hydrogens (primary N) is 2. The molecule has 32 heavy (non-hydrogen) atoms. The molecule has 0 bridgehead atoms. The number of hydrogen-bond acceptors (Lipinski definition) is 5. The summed E-state index contributed by atoms with van der Waals surface area (Å²) in [4.78, 5) is 37.8. The molecule has 7 N–H and O–H groups in total. The van der Waals surface area contributed by atoms with Crippen LogP contribution in [0.4, 0.5) is 4.79 Å². The Bertz CT molecular complexity index is 658. The number of carbonyl (C=O) groups excluding carboxylic acids is 3. The summed E-state index contributed by atoms with van der Waals surface area (Å²) in [5.41, 5.74) is 10.0. The van der Waals surface area contributed by atoms with Crippen molar-refractivity contribution in [3.05, 3.63) is 12.7 Å². The molecule has 1 rings (SSSR count). The molecule has 1 fully saturated rings. The lowest BCUT2D eigenvalue weighted by atomic mass is 9.72. The van der Waals surface area contributed by atoms with Gasteiger partial charge in [0.05, 0.1) is 17.6 Å². The van der Waals surface area contributed by atoms with Gasteiger partial charge in [-0.1, -0.05) is 53.0 Å². The number of nitrogens with one attached hydrogen (secondary N) is 3. The third-order valence-corrected chi connectivity index (χ3v) is 6.93. The van der Waals surface area contributed by atoms with E-state index in [1.54, 1.807) is 0 Å². The van der Waals surface area contributed by atoms with Crippen LogP contribution in [0.25, 0.3) is 0 Å². The average Bonchev–Trinajstić information content (AvgIpc) is 2.74. The molecule has 3 atom stereocenters. The van der Waals surface area contributed by atoms with Crippen LogP contribution in [0.3, 0.4) is 0 Å². The van der Waals surface area contributed by atoms with Gasteiger partial charge >= 0.3 is 6.03 Å². The van der Waals surface area contributed by atoms with Crippen LogP contribution in [-0.4, -0.2) is 47.4 Å². The van der Waals surface area contributed by atoms with Gasteiger partial charge < -0.3 is 22.1 Å². The molecule has 1 aliphatic carbocycles. The molecule has 184 valence electrons. The van der Waals surface area contributed by atoms with E-state index in [2.05, 4.69) is 43.3 Å². The zero-order valence-electron chi connectivity index (χ0n) is 20.6. The van der Waals surface area contributed by atoms with E-state index in [9.17, 15) is 14.4 Å². The van der Waals surface area contributed by atoms with Gasteiger partial charge in [0.1, 0.15) is 0 Å². The van der Waals surface area contributed by atoms with Crippen molar-refractivity contribution in [2.75, 3.05) is 6.54 Å². The van der Waals surface area contributed by atoms with Crippen molar-refractivity contribution in [2.45, 2.75) is 103 Å². The molecule has 0 aromatic carbocycles. The minimum absolute atomic E-state index is 0.0192. The number of amides is 3. The van der Waals surface area contributed by atoms with Crippen molar-refractivity contribution < 1.29 is 14.4 Å². The van der Waals surface area contributed by atoms with Crippen molar-refractivity contribution in [1.82, 2.24) is 16.0 Å². The Morgan fingerprint density at radius 3 is 2.19 bits per heavy atom. The maximum atomic E-state index is 14.0. The molecule has 3 amide bonds. The van der Waals surface area contributed by atoms with Gasteiger partial charge in [-0.05, 0) is 44.4 Å². The number of rotatable bonds is 13. The molecule has 0 aromatic rings. The summed E-state index contributed by atoms with van der Waals surface area (Å²) in [7, 11) is 0. The summed E-state index contributed by atoms with van der Waals surface area (Å²) in [5.74, 6) is -0.167. The fourth-order valence-electron chi connectivity index (χ4n) is 4.23. The van der Waals surface area contributed by atoms with Crippen LogP contribution in [0.15, 0.2) is 12.7 Å². The number of ketones is 1. The van der Waals surface area contributed by atoms with Crippen LogP contribution in [0, 0.1) is 11.8 Å². The molecule has 1 aliphatic rings. The highest BCUT2D eigenvalue weighted by Gasteiger charge is 2.46. The van der Waals surface area contributed by atoms with E-state index in [4.69, 9.17) is 11.5 Å². The molecule has 0 aliphatic heterocycles. The van der Waals surface area contributed by atoms with Gasteiger partial charge in [-0.3, -0.25) is 14.9 Å². The molecule has 1 saturated carbocycles. The van der Waals surface area contributed by atoms with Crippen molar-refractivity contribution in [3.63, 3.8) is 0 Å². The Balaban J connectivity index is 3.19. The van der Waals surface area contributed by atoms with Crippen molar-refractivity contribution in [2.24, 2.45) is 23.3 Å². The largest absolute Gasteiger partial charge is 0.352 e. The number of urea groups is 1. The number of Topliss-reactive ketones (excluding diaryl/α,β-unsaturated/α-hetero) is 1. The first-order valence-corrected chi connectivity index (χ1v) is 11.9. The van der Waals surface area contributed by atoms with Crippen LogP contribution in [-0.2, 0) is 9.59 Å². The first kappa shape index (κ1) is 28.1. The second-order valence-corrected chi connectivity index (χ2v) is 10.0. The molecule has 0 radical (unpaired) electrons. The van der Waals surface area contributed by atoms with Crippen molar-refractivity contribution in [1.29, 1.82) is 0 Å². The van der Waals surface area contributed by atoms with E-state index >= 15 is 0 Å². The van der Waals surface area contributed by atoms with E-state index in [1.807, 2.05) is 19.9 Å². The predicted octanol–water partition coefficient (Wildman–Crippen LogP) is 2.37. The summed E-state index contributed by atoms with van der Waals surface area (Å²) >= 11 is 0. The minimum atomic E-state index is -0.748. The SMILES string of the molecule is C=CC(C)(NC1(C(=O)C(CCCNC(N)=O)NC(=O)[C@@H](N)C(C)C)CCCCC1)C(C)C. The molecule has 2 unspecified atom stereocenters. The zero-order valence-corrected chi connectivity index (χ0v) is 20.6. The Kier molecular flexibility index (Phi) is 10.8. The van der Waals surface area contributed by atoms with Gasteiger partial charge in [0.15, 0.2) is 5.78 Å². The highest BCUT2D eigenvalue weighted by Crippen LogP contribution is 2.34. The third-order valence-electron chi connectivity index (χ3n) is 6.93. The van der Waals surface area contributed by atoms with Gasteiger partial charge in [0.25, 0.3) is 0 Å². The molecular weight excluding hydrogens is 406 g/mol.